The minimum Gasteiger partial charge on any atom is -0.345 e. The van der Waals surface area contributed by atoms with Crippen molar-refractivity contribution in [3.63, 3.8) is 0 Å². The first-order chi connectivity index (χ1) is 15.1. The molecule has 33 heavy (non-hydrogen) atoms. The van der Waals surface area contributed by atoms with Crippen molar-refractivity contribution in [1.29, 1.82) is 0 Å². The summed E-state index contributed by atoms with van der Waals surface area (Å²) >= 11 is 0. The van der Waals surface area contributed by atoms with E-state index in [1.54, 1.807) is 19.0 Å². The molecule has 4 rings (SSSR count). The van der Waals surface area contributed by atoms with Gasteiger partial charge in [-0.2, -0.15) is 0 Å². The minimum atomic E-state index is 0. The fourth-order valence-electron chi connectivity index (χ4n) is 4.77. The molecule has 1 heterocycles. The molecule has 3 nitrogen and oxygen atoms in total. The predicted octanol–water partition coefficient (Wildman–Crippen LogP) is 6.28. The second kappa shape index (κ2) is 12.8. The maximum Gasteiger partial charge on any atom is 0.253 e. The van der Waals surface area contributed by atoms with Crippen molar-refractivity contribution < 1.29 is 4.79 Å². The molecule has 1 saturated heterocycles. The summed E-state index contributed by atoms with van der Waals surface area (Å²) in [5.41, 5.74) is 4.87. The summed E-state index contributed by atoms with van der Waals surface area (Å²) in [6.07, 6.45) is 2.40. The number of halogens is 2. The van der Waals surface area contributed by atoms with E-state index in [2.05, 4.69) is 77.7 Å². The van der Waals surface area contributed by atoms with Crippen LogP contribution in [0.15, 0.2) is 84.9 Å². The van der Waals surface area contributed by atoms with Crippen LogP contribution in [-0.4, -0.2) is 42.9 Å². The SMILES string of the molecule is CN(C)C(=O)c1ccc(CN2CCC(C(c3ccccc3)c3ccccc3)CC2)cc1.Cl.Cl. The van der Waals surface area contributed by atoms with Crippen LogP contribution in [-0.2, 0) is 6.54 Å². The zero-order valence-electron chi connectivity index (χ0n) is 19.4. The fourth-order valence-corrected chi connectivity index (χ4v) is 4.77. The molecule has 0 atom stereocenters. The minimum absolute atomic E-state index is 0. The Labute approximate surface area is 210 Å². The summed E-state index contributed by atoms with van der Waals surface area (Å²) in [6.45, 7) is 3.17. The molecule has 0 spiro atoms. The Bertz CT molecular complexity index is 930. The van der Waals surface area contributed by atoms with Crippen molar-refractivity contribution >= 4 is 30.7 Å². The van der Waals surface area contributed by atoms with E-state index in [-0.39, 0.29) is 30.7 Å². The highest BCUT2D eigenvalue weighted by Crippen LogP contribution is 2.38. The molecular formula is C28H34Cl2N2O. The van der Waals surface area contributed by atoms with Crippen molar-refractivity contribution in [3.05, 3.63) is 107 Å². The summed E-state index contributed by atoms with van der Waals surface area (Å²) in [5, 5.41) is 0. The number of hydrogen-bond acceptors (Lipinski definition) is 2. The third kappa shape index (κ3) is 6.83. The molecular weight excluding hydrogens is 451 g/mol. The molecule has 5 heteroatoms. The molecule has 176 valence electrons. The van der Waals surface area contributed by atoms with E-state index in [0.29, 0.717) is 11.8 Å². The number of hydrogen-bond donors (Lipinski definition) is 0. The summed E-state index contributed by atoms with van der Waals surface area (Å²) in [7, 11) is 3.58. The Morgan fingerprint density at radius 2 is 1.30 bits per heavy atom. The Hall–Kier alpha value is -2.33. The van der Waals surface area contributed by atoms with Gasteiger partial charge < -0.3 is 4.90 Å². The molecule has 0 radical (unpaired) electrons. The van der Waals surface area contributed by atoms with Gasteiger partial charge in [0.15, 0.2) is 0 Å². The number of carbonyl (C=O) groups excluding carboxylic acids is 1. The smallest absolute Gasteiger partial charge is 0.253 e. The average molecular weight is 485 g/mol. The highest BCUT2D eigenvalue weighted by atomic mass is 35.5. The average Bonchev–Trinajstić information content (AvgIpc) is 2.82. The Morgan fingerprint density at radius 3 is 1.76 bits per heavy atom. The standard InChI is InChI=1S/C28H32N2O.2ClH/c1-29(2)28(31)26-15-13-22(14-16-26)21-30-19-17-25(18-20-30)27(23-9-5-3-6-10-23)24-11-7-4-8-12-24;;/h3-16,25,27H,17-21H2,1-2H3;2*1H. The van der Waals surface area contributed by atoms with Crippen LogP contribution in [0.3, 0.4) is 0 Å². The van der Waals surface area contributed by atoms with Crippen molar-refractivity contribution in [2.45, 2.75) is 25.3 Å². The van der Waals surface area contributed by atoms with Crippen molar-refractivity contribution in [2.24, 2.45) is 5.92 Å². The number of likely N-dealkylation sites (tertiary alicyclic amines) is 1. The first-order valence-electron chi connectivity index (χ1n) is 11.2. The molecule has 0 unspecified atom stereocenters. The molecule has 3 aromatic carbocycles. The van der Waals surface area contributed by atoms with Gasteiger partial charge in [0.05, 0.1) is 0 Å². The molecule has 1 aliphatic heterocycles. The van der Waals surface area contributed by atoms with Crippen molar-refractivity contribution in [3.8, 4) is 0 Å². The van der Waals surface area contributed by atoms with Gasteiger partial charge in [-0.15, -0.1) is 24.8 Å². The number of carbonyl (C=O) groups is 1. The predicted molar refractivity (Wildman–Crippen MR) is 142 cm³/mol. The monoisotopic (exact) mass is 484 g/mol. The second-order valence-electron chi connectivity index (χ2n) is 8.81. The van der Waals surface area contributed by atoms with Gasteiger partial charge in [-0.25, -0.2) is 0 Å². The third-order valence-corrected chi connectivity index (χ3v) is 6.43. The lowest BCUT2D eigenvalue weighted by atomic mass is 9.76. The van der Waals surface area contributed by atoms with E-state index < -0.39 is 0 Å². The van der Waals surface area contributed by atoms with E-state index in [4.69, 9.17) is 0 Å². The molecule has 1 amide bonds. The van der Waals surface area contributed by atoms with E-state index in [1.807, 2.05) is 12.1 Å². The van der Waals surface area contributed by atoms with Gasteiger partial charge in [0.25, 0.3) is 5.91 Å². The maximum absolute atomic E-state index is 12.1. The molecule has 3 aromatic rings. The number of nitrogens with zero attached hydrogens (tertiary/aromatic N) is 2. The van der Waals surface area contributed by atoms with Gasteiger partial charge in [0.1, 0.15) is 0 Å². The summed E-state index contributed by atoms with van der Waals surface area (Å²) in [6, 6.07) is 30.0. The highest BCUT2D eigenvalue weighted by molar-refractivity contribution is 5.93. The highest BCUT2D eigenvalue weighted by Gasteiger charge is 2.28. The van der Waals surface area contributed by atoms with E-state index in [0.717, 1.165) is 25.2 Å². The molecule has 0 aromatic heterocycles. The molecule has 0 saturated carbocycles. The first-order valence-corrected chi connectivity index (χ1v) is 11.2. The molecule has 0 aliphatic carbocycles. The Kier molecular flexibility index (Phi) is 10.4. The second-order valence-corrected chi connectivity index (χ2v) is 8.81. The Balaban J connectivity index is 0.00000193. The van der Waals surface area contributed by atoms with Gasteiger partial charge in [-0.1, -0.05) is 72.8 Å². The molecule has 0 N–H and O–H groups in total. The van der Waals surface area contributed by atoms with E-state index in [9.17, 15) is 4.79 Å². The quantitative estimate of drug-likeness (QED) is 0.411. The maximum atomic E-state index is 12.1. The zero-order chi connectivity index (χ0) is 21.6. The fraction of sp³-hybridized carbons (Fsp3) is 0.321. The zero-order valence-corrected chi connectivity index (χ0v) is 21.0. The van der Waals surface area contributed by atoms with Crippen LogP contribution < -0.4 is 0 Å². The van der Waals surface area contributed by atoms with Crippen molar-refractivity contribution in [2.75, 3.05) is 27.2 Å². The van der Waals surface area contributed by atoms with Crippen LogP contribution in [0.1, 0.15) is 45.8 Å². The lowest BCUT2D eigenvalue weighted by Crippen LogP contribution is -2.35. The topological polar surface area (TPSA) is 23.6 Å². The number of benzene rings is 3. The van der Waals surface area contributed by atoms with E-state index in [1.165, 1.54) is 29.5 Å². The normalized spacial score (nSPS) is 14.3. The lowest BCUT2D eigenvalue weighted by Gasteiger charge is -2.36. The summed E-state index contributed by atoms with van der Waals surface area (Å²) in [4.78, 5) is 16.3. The number of rotatable bonds is 6. The van der Waals surface area contributed by atoms with Crippen LogP contribution in [0.25, 0.3) is 0 Å². The van der Waals surface area contributed by atoms with Crippen LogP contribution in [0, 0.1) is 5.92 Å². The summed E-state index contributed by atoms with van der Waals surface area (Å²) in [5.74, 6) is 1.17. The third-order valence-electron chi connectivity index (χ3n) is 6.43. The van der Waals surface area contributed by atoms with Gasteiger partial charge in [0, 0.05) is 32.1 Å². The van der Waals surface area contributed by atoms with E-state index >= 15 is 0 Å². The molecule has 0 bridgehead atoms. The molecule has 1 fully saturated rings. The number of piperidine rings is 1. The summed E-state index contributed by atoms with van der Waals surface area (Å²) < 4.78 is 0. The largest absolute Gasteiger partial charge is 0.345 e. The van der Waals surface area contributed by atoms with Crippen LogP contribution in [0.4, 0.5) is 0 Å². The first kappa shape index (κ1) is 26.9. The van der Waals surface area contributed by atoms with Gasteiger partial charge in [-0.05, 0) is 60.7 Å². The number of amides is 1. The molecule has 1 aliphatic rings. The van der Waals surface area contributed by atoms with Gasteiger partial charge in [0.2, 0.25) is 0 Å². The van der Waals surface area contributed by atoms with Crippen LogP contribution >= 0.6 is 24.8 Å². The van der Waals surface area contributed by atoms with Crippen LogP contribution in [0.5, 0.6) is 0 Å². The Morgan fingerprint density at radius 1 is 0.818 bits per heavy atom. The van der Waals surface area contributed by atoms with Gasteiger partial charge >= 0.3 is 0 Å². The van der Waals surface area contributed by atoms with Crippen molar-refractivity contribution in [1.82, 2.24) is 9.80 Å². The van der Waals surface area contributed by atoms with Gasteiger partial charge in [-0.3, -0.25) is 9.69 Å². The van der Waals surface area contributed by atoms with Crippen LogP contribution in [0.2, 0.25) is 0 Å². The lowest BCUT2D eigenvalue weighted by molar-refractivity contribution is 0.0827.